The van der Waals surface area contributed by atoms with E-state index in [0.29, 0.717) is 0 Å². The predicted octanol–water partition coefficient (Wildman–Crippen LogP) is 5.51. The van der Waals surface area contributed by atoms with Crippen molar-refractivity contribution in [3.8, 4) is 0 Å². The molecule has 0 aliphatic rings. The lowest BCUT2D eigenvalue weighted by Crippen LogP contribution is -2.57. The van der Waals surface area contributed by atoms with Crippen molar-refractivity contribution in [3.05, 3.63) is 0 Å². The molecule has 27 heavy (non-hydrogen) atoms. The quantitative estimate of drug-likeness (QED) is 0.482. The first-order valence-electron chi connectivity index (χ1n) is 8.56. The SMILES string of the molecule is CC(C(C)(C)C)C(C)(C(=O)OCCC(O)(C(F)(F)F)C(F)(F)F)C(C)(C)C. The number of ether oxygens (including phenoxy) is 1. The summed E-state index contributed by atoms with van der Waals surface area (Å²) in [6.45, 7) is 13.0. The summed E-state index contributed by atoms with van der Waals surface area (Å²) in [6.07, 6.45) is -13.7. The Kier molecular flexibility index (Phi) is 7.17. The number of aliphatic hydroxyl groups is 1. The first kappa shape index (κ1) is 26.0. The molecule has 0 fully saturated rings. The van der Waals surface area contributed by atoms with Gasteiger partial charge in [0.2, 0.25) is 0 Å². The summed E-state index contributed by atoms with van der Waals surface area (Å²) >= 11 is 0. The molecule has 0 rings (SSSR count). The van der Waals surface area contributed by atoms with Gasteiger partial charge in [0.1, 0.15) is 0 Å². The molecule has 2 unspecified atom stereocenters. The van der Waals surface area contributed by atoms with Crippen LogP contribution in [-0.2, 0) is 9.53 Å². The Morgan fingerprint density at radius 3 is 1.52 bits per heavy atom. The van der Waals surface area contributed by atoms with Gasteiger partial charge in [-0.1, -0.05) is 48.5 Å². The second kappa shape index (κ2) is 7.44. The van der Waals surface area contributed by atoms with Crippen LogP contribution in [0.4, 0.5) is 26.3 Å². The molecule has 0 saturated carbocycles. The molecule has 0 amide bonds. The van der Waals surface area contributed by atoms with Crippen LogP contribution in [0.2, 0.25) is 0 Å². The van der Waals surface area contributed by atoms with E-state index < -0.39 is 47.8 Å². The van der Waals surface area contributed by atoms with Crippen molar-refractivity contribution in [2.45, 2.75) is 79.8 Å². The molecule has 9 heteroatoms. The number of hydrogen-bond donors (Lipinski definition) is 1. The smallest absolute Gasteiger partial charge is 0.426 e. The highest BCUT2D eigenvalue weighted by atomic mass is 19.4. The molecule has 2 atom stereocenters. The van der Waals surface area contributed by atoms with Crippen LogP contribution in [-0.4, -0.2) is 35.6 Å². The zero-order chi connectivity index (χ0) is 22.3. The minimum atomic E-state index is -5.94. The van der Waals surface area contributed by atoms with Crippen LogP contribution in [0.3, 0.4) is 0 Å². The number of carbonyl (C=O) groups excluding carboxylic acids is 1. The number of halogens is 6. The second-order valence-electron chi connectivity index (χ2n) is 9.28. The monoisotopic (exact) mass is 408 g/mol. The van der Waals surface area contributed by atoms with Crippen LogP contribution in [0.5, 0.6) is 0 Å². The Balaban J connectivity index is 5.58. The molecule has 0 aliphatic heterocycles. The fourth-order valence-electron chi connectivity index (χ4n) is 2.88. The van der Waals surface area contributed by atoms with Gasteiger partial charge in [-0.3, -0.25) is 4.79 Å². The molecule has 3 nitrogen and oxygen atoms in total. The Labute approximate surface area is 156 Å². The van der Waals surface area contributed by atoms with Gasteiger partial charge in [-0.05, 0) is 23.7 Å². The van der Waals surface area contributed by atoms with Crippen molar-refractivity contribution in [2.75, 3.05) is 6.61 Å². The van der Waals surface area contributed by atoms with Crippen LogP contribution in [0.15, 0.2) is 0 Å². The molecule has 0 aromatic rings. The summed E-state index contributed by atoms with van der Waals surface area (Å²) in [5, 5.41) is 9.16. The number of hydrogen-bond acceptors (Lipinski definition) is 3. The predicted molar refractivity (Wildman–Crippen MR) is 88.8 cm³/mol. The van der Waals surface area contributed by atoms with Crippen LogP contribution >= 0.6 is 0 Å². The Morgan fingerprint density at radius 1 is 0.889 bits per heavy atom. The van der Waals surface area contributed by atoms with E-state index in [1.807, 2.05) is 20.8 Å². The van der Waals surface area contributed by atoms with Crippen molar-refractivity contribution in [3.63, 3.8) is 0 Å². The third kappa shape index (κ3) is 5.09. The second-order valence-corrected chi connectivity index (χ2v) is 9.28. The summed E-state index contributed by atoms with van der Waals surface area (Å²) in [4.78, 5) is 12.7. The van der Waals surface area contributed by atoms with Gasteiger partial charge >= 0.3 is 18.3 Å². The minimum Gasteiger partial charge on any atom is -0.465 e. The molecule has 0 aliphatic carbocycles. The average Bonchev–Trinajstić information content (AvgIpc) is 2.40. The highest BCUT2D eigenvalue weighted by Gasteiger charge is 2.70. The zero-order valence-corrected chi connectivity index (χ0v) is 17.0. The lowest BCUT2D eigenvalue weighted by molar-refractivity contribution is -0.371. The van der Waals surface area contributed by atoms with Crippen molar-refractivity contribution in [2.24, 2.45) is 22.2 Å². The summed E-state index contributed by atoms with van der Waals surface area (Å²) in [5.74, 6) is -1.20. The summed E-state index contributed by atoms with van der Waals surface area (Å²) in [7, 11) is 0. The third-order valence-electron chi connectivity index (χ3n) is 5.78. The van der Waals surface area contributed by atoms with Crippen molar-refractivity contribution in [1.82, 2.24) is 0 Å². The van der Waals surface area contributed by atoms with Gasteiger partial charge < -0.3 is 9.84 Å². The normalized spacial score (nSPS) is 18.0. The molecule has 0 aromatic heterocycles. The van der Waals surface area contributed by atoms with E-state index in [1.54, 1.807) is 34.6 Å². The van der Waals surface area contributed by atoms with Gasteiger partial charge in [-0.2, -0.15) is 26.3 Å². The minimum absolute atomic E-state index is 0.304. The number of carbonyl (C=O) groups is 1. The molecular weight excluding hydrogens is 378 g/mol. The molecule has 0 saturated heterocycles. The number of alkyl halides is 6. The van der Waals surface area contributed by atoms with E-state index in [4.69, 9.17) is 9.84 Å². The molecule has 0 heterocycles. The standard InChI is InChI=1S/C18H30F6O3/c1-11(13(2,3)4)15(8,14(5,6)7)12(25)27-10-9-16(26,17(19,20)21)18(22,23)24/h11,26H,9-10H2,1-8H3. The first-order chi connectivity index (χ1) is 11.5. The average molecular weight is 408 g/mol. The maximum atomic E-state index is 12.7. The van der Waals surface area contributed by atoms with Gasteiger partial charge in [-0.25, -0.2) is 0 Å². The van der Waals surface area contributed by atoms with Gasteiger partial charge in [0.15, 0.2) is 0 Å². The molecule has 162 valence electrons. The van der Waals surface area contributed by atoms with Crippen LogP contribution in [0.1, 0.15) is 61.8 Å². The number of esters is 1. The van der Waals surface area contributed by atoms with E-state index in [1.165, 1.54) is 0 Å². The fourth-order valence-corrected chi connectivity index (χ4v) is 2.88. The van der Waals surface area contributed by atoms with Gasteiger partial charge in [-0.15, -0.1) is 0 Å². The Hall–Kier alpha value is -0.990. The molecular formula is C18H30F6O3. The maximum absolute atomic E-state index is 12.7. The van der Waals surface area contributed by atoms with Crippen molar-refractivity contribution in [1.29, 1.82) is 0 Å². The highest BCUT2D eigenvalue weighted by molar-refractivity contribution is 5.78. The Morgan fingerprint density at radius 2 is 1.26 bits per heavy atom. The van der Waals surface area contributed by atoms with Gasteiger partial charge in [0, 0.05) is 6.42 Å². The van der Waals surface area contributed by atoms with E-state index in [2.05, 4.69) is 0 Å². The lowest BCUT2D eigenvalue weighted by Gasteiger charge is -2.49. The topological polar surface area (TPSA) is 46.5 Å². The first-order valence-corrected chi connectivity index (χ1v) is 8.56. The maximum Gasteiger partial charge on any atom is 0.426 e. The van der Waals surface area contributed by atoms with E-state index in [9.17, 15) is 31.1 Å². The van der Waals surface area contributed by atoms with E-state index in [0.717, 1.165) is 0 Å². The van der Waals surface area contributed by atoms with E-state index in [-0.39, 0.29) is 11.3 Å². The van der Waals surface area contributed by atoms with Crippen molar-refractivity contribution >= 4 is 5.97 Å². The van der Waals surface area contributed by atoms with Gasteiger partial charge in [0.25, 0.3) is 5.60 Å². The number of rotatable bonds is 5. The van der Waals surface area contributed by atoms with E-state index >= 15 is 0 Å². The molecule has 0 radical (unpaired) electrons. The molecule has 1 N–H and O–H groups in total. The highest BCUT2D eigenvalue weighted by Crippen LogP contribution is 2.52. The molecule has 0 spiro atoms. The Bertz CT molecular complexity index is 511. The molecule has 0 bridgehead atoms. The van der Waals surface area contributed by atoms with Gasteiger partial charge in [0.05, 0.1) is 12.0 Å². The summed E-state index contributed by atoms with van der Waals surface area (Å²) < 4.78 is 81.2. The zero-order valence-electron chi connectivity index (χ0n) is 17.0. The molecule has 0 aromatic carbocycles. The summed E-state index contributed by atoms with van der Waals surface area (Å²) in [5.41, 5.74) is -7.17. The summed E-state index contributed by atoms with van der Waals surface area (Å²) in [6, 6.07) is 0. The lowest BCUT2D eigenvalue weighted by atomic mass is 9.55. The third-order valence-corrected chi connectivity index (χ3v) is 5.78. The fraction of sp³-hybridized carbons (Fsp3) is 0.944. The van der Waals surface area contributed by atoms with Crippen LogP contribution in [0.25, 0.3) is 0 Å². The van der Waals surface area contributed by atoms with Crippen LogP contribution in [0, 0.1) is 22.2 Å². The van der Waals surface area contributed by atoms with Crippen LogP contribution < -0.4 is 0 Å². The van der Waals surface area contributed by atoms with Crippen molar-refractivity contribution < 1.29 is 41.0 Å². The largest absolute Gasteiger partial charge is 0.465 e.